The molecule has 2 aliphatic rings. The summed E-state index contributed by atoms with van der Waals surface area (Å²) in [4.78, 5) is 13.4. The number of rotatable bonds is 3. The van der Waals surface area contributed by atoms with Gasteiger partial charge >= 0.3 is 0 Å². The van der Waals surface area contributed by atoms with E-state index in [0.29, 0.717) is 13.1 Å². The van der Waals surface area contributed by atoms with Crippen molar-refractivity contribution in [3.8, 4) is 0 Å². The first-order chi connectivity index (χ1) is 10.2. The number of hydrogen-bond donors (Lipinski definition) is 2. The van der Waals surface area contributed by atoms with Gasteiger partial charge in [-0.05, 0) is 18.4 Å². The second kappa shape index (κ2) is 6.13. The highest BCUT2D eigenvalue weighted by molar-refractivity contribution is 5.78. The lowest BCUT2D eigenvalue weighted by Crippen LogP contribution is -2.57. The minimum Gasteiger partial charge on any atom is -0.387 e. The molecule has 1 atom stereocenters. The van der Waals surface area contributed by atoms with Crippen LogP contribution in [0.5, 0.6) is 0 Å². The number of piperidine rings is 1. The monoisotopic (exact) mass is 290 g/mol. The number of nitrogens with one attached hydrogen (secondary N) is 1. The van der Waals surface area contributed by atoms with Gasteiger partial charge in [0.05, 0.1) is 11.7 Å². The van der Waals surface area contributed by atoms with Gasteiger partial charge in [0.15, 0.2) is 0 Å². The topological polar surface area (TPSA) is 61.8 Å². The number of likely N-dealkylation sites (tertiary alicyclic amines) is 1. The molecule has 0 aromatic heterocycles. The van der Waals surface area contributed by atoms with Crippen molar-refractivity contribution in [2.24, 2.45) is 0 Å². The summed E-state index contributed by atoms with van der Waals surface area (Å²) in [7, 11) is 0. The lowest BCUT2D eigenvalue weighted by atomic mass is 9.89. The van der Waals surface area contributed by atoms with E-state index in [9.17, 15) is 9.90 Å². The Morgan fingerprint density at radius 2 is 2.00 bits per heavy atom. The normalized spacial score (nSPS) is 23.8. The molecule has 21 heavy (non-hydrogen) atoms. The number of ether oxygens (including phenoxy) is 1. The standard InChI is InChI=1S/C16H22N2O3/c19-14(13-4-2-1-3-5-13)10-18-8-6-16(7-9-18)12-17-15(20)11-21-16/h1-5,14,19H,6-12H2,(H,17,20)/t14-/m1/s1. The molecule has 5 nitrogen and oxygen atoms in total. The third-order valence-electron chi connectivity index (χ3n) is 4.50. The minimum absolute atomic E-state index is 0.0254. The first-order valence-corrected chi connectivity index (χ1v) is 7.53. The van der Waals surface area contributed by atoms with Gasteiger partial charge in [0.1, 0.15) is 6.61 Å². The van der Waals surface area contributed by atoms with Crippen LogP contribution in [0.2, 0.25) is 0 Å². The SMILES string of the molecule is O=C1COC2(CCN(C[C@@H](O)c3ccccc3)CC2)CN1. The van der Waals surface area contributed by atoms with Gasteiger partial charge in [0.2, 0.25) is 5.91 Å². The fourth-order valence-corrected chi connectivity index (χ4v) is 3.07. The summed E-state index contributed by atoms with van der Waals surface area (Å²) in [6.07, 6.45) is 1.34. The van der Waals surface area contributed by atoms with Gasteiger partial charge in [0.25, 0.3) is 0 Å². The molecular weight excluding hydrogens is 268 g/mol. The van der Waals surface area contributed by atoms with E-state index in [1.807, 2.05) is 30.3 Å². The lowest BCUT2D eigenvalue weighted by molar-refractivity contribution is -0.150. The molecule has 2 heterocycles. The summed E-state index contributed by atoms with van der Waals surface area (Å²) < 4.78 is 5.76. The van der Waals surface area contributed by atoms with Gasteiger partial charge in [-0.2, -0.15) is 0 Å². The van der Waals surface area contributed by atoms with Crippen LogP contribution in [-0.4, -0.2) is 54.3 Å². The number of morpholine rings is 1. The van der Waals surface area contributed by atoms with Crippen LogP contribution in [0.4, 0.5) is 0 Å². The van der Waals surface area contributed by atoms with Crippen molar-refractivity contribution >= 4 is 5.91 Å². The van der Waals surface area contributed by atoms with Gasteiger partial charge in [-0.1, -0.05) is 30.3 Å². The van der Waals surface area contributed by atoms with Crippen LogP contribution in [-0.2, 0) is 9.53 Å². The molecule has 1 aromatic rings. The molecule has 0 radical (unpaired) electrons. The van der Waals surface area contributed by atoms with Crippen molar-refractivity contribution in [2.45, 2.75) is 24.5 Å². The average Bonchev–Trinajstić information content (AvgIpc) is 2.54. The van der Waals surface area contributed by atoms with E-state index in [1.165, 1.54) is 0 Å². The second-order valence-corrected chi connectivity index (χ2v) is 5.98. The van der Waals surface area contributed by atoms with Crippen LogP contribution in [0.3, 0.4) is 0 Å². The molecule has 114 valence electrons. The van der Waals surface area contributed by atoms with Gasteiger partial charge in [0, 0.05) is 26.2 Å². The van der Waals surface area contributed by atoms with Crippen LogP contribution >= 0.6 is 0 Å². The number of carbonyl (C=O) groups is 1. The molecule has 2 aliphatic heterocycles. The average molecular weight is 290 g/mol. The molecule has 3 rings (SSSR count). The van der Waals surface area contributed by atoms with E-state index >= 15 is 0 Å². The molecule has 2 saturated heterocycles. The van der Waals surface area contributed by atoms with E-state index in [-0.39, 0.29) is 18.1 Å². The highest BCUT2D eigenvalue weighted by Gasteiger charge is 2.39. The summed E-state index contributed by atoms with van der Waals surface area (Å²) in [5, 5.41) is 13.2. The Bertz CT molecular complexity index is 472. The van der Waals surface area contributed by atoms with E-state index in [1.54, 1.807) is 0 Å². The van der Waals surface area contributed by atoms with Crippen LogP contribution < -0.4 is 5.32 Å². The highest BCUT2D eigenvalue weighted by atomic mass is 16.5. The van der Waals surface area contributed by atoms with Gasteiger partial charge in [-0.25, -0.2) is 0 Å². The van der Waals surface area contributed by atoms with Crippen molar-refractivity contribution in [2.75, 3.05) is 32.8 Å². The van der Waals surface area contributed by atoms with Crippen molar-refractivity contribution < 1.29 is 14.6 Å². The third-order valence-corrected chi connectivity index (χ3v) is 4.50. The Hall–Kier alpha value is -1.43. The first kappa shape index (κ1) is 14.5. The number of hydrogen-bond acceptors (Lipinski definition) is 4. The zero-order valence-electron chi connectivity index (χ0n) is 12.1. The van der Waals surface area contributed by atoms with Gasteiger partial charge in [-0.15, -0.1) is 0 Å². The Morgan fingerprint density at radius 1 is 1.29 bits per heavy atom. The summed E-state index contributed by atoms with van der Waals surface area (Å²) >= 11 is 0. The number of benzene rings is 1. The van der Waals surface area contributed by atoms with Crippen LogP contribution in [0, 0.1) is 0 Å². The van der Waals surface area contributed by atoms with Crippen LogP contribution in [0.25, 0.3) is 0 Å². The minimum atomic E-state index is -0.452. The summed E-state index contributed by atoms with van der Waals surface area (Å²) in [5.74, 6) is -0.0254. The predicted molar refractivity (Wildman–Crippen MR) is 78.8 cm³/mol. The fraction of sp³-hybridized carbons (Fsp3) is 0.562. The van der Waals surface area contributed by atoms with Crippen molar-refractivity contribution in [1.29, 1.82) is 0 Å². The summed E-state index contributed by atoms with van der Waals surface area (Å²) in [6, 6.07) is 9.76. The van der Waals surface area contributed by atoms with Crippen molar-refractivity contribution in [3.05, 3.63) is 35.9 Å². The van der Waals surface area contributed by atoms with E-state index in [4.69, 9.17) is 4.74 Å². The Kier molecular flexibility index (Phi) is 4.24. The third kappa shape index (κ3) is 3.43. The molecule has 2 fully saturated rings. The largest absolute Gasteiger partial charge is 0.387 e. The smallest absolute Gasteiger partial charge is 0.246 e. The first-order valence-electron chi connectivity index (χ1n) is 7.53. The van der Waals surface area contributed by atoms with E-state index in [0.717, 1.165) is 31.5 Å². The zero-order valence-corrected chi connectivity index (χ0v) is 12.1. The molecular formula is C16H22N2O3. The maximum atomic E-state index is 11.2. The fourth-order valence-electron chi connectivity index (χ4n) is 3.07. The molecule has 2 N–H and O–H groups in total. The molecule has 0 aliphatic carbocycles. The van der Waals surface area contributed by atoms with E-state index in [2.05, 4.69) is 10.2 Å². The number of β-amino-alcohol motifs (C(OH)–C–C–N with tert-alkyl or cyclic N) is 1. The number of amides is 1. The maximum Gasteiger partial charge on any atom is 0.246 e. The van der Waals surface area contributed by atoms with Crippen molar-refractivity contribution in [3.63, 3.8) is 0 Å². The van der Waals surface area contributed by atoms with E-state index < -0.39 is 6.10 Å². The number of aliphatic hydroxyl groups is 1. The molecule has 0 bridgehead atoms. The van der Waals surface area contributed by atoms with Gasteiger partial charge in [-0.3, -0.25) is 4.79 Å². The summed E-state index contributed by atoms with van der Waals surface area (Å²) in [6.45, 7) is 3.21. The number of carbonyl (C=O) groups excluding carboxylic acids is 1. The van der Waals surface area contributed by atoms with Crippen molar-refractivity contribution in [1.82, 2.24) is 10.2 Å². The van der Waals surface area contributed by atoms with Crippen LogP contribution in [0.15, 0.2) is 30.3 Å². The molecule has 1 aromatic carbocycles. The molecule has 0 saturated carbocycles. The molecule has 0 unspecified atom stereocenters. The molecule has 1 amide bonds. The lowest BCUT2D eigenvalue weighted by Gasteiger charge is -2.44. The zero-order chi connectivity index (χ0) is 14.7. The number of nitrogens with zero attached hydrogens (tertiary/aromatic N) is 1. The Morgan fingerprint density at radius 3 is 2.62 bits per heavy atom. The second-order valence-electron chi connectivity index (χ2n) is 5.98. The highest BCUT2D eigenvalue weighted by Crippen LogP contribution is 2.28. The Labute approximate surface area is 124 Å². The predicted octanol–water partition coefficient (Wildman–Crippen LogP) is 0.701. The Balaban J connectivity index is 1.51. The van der Waals surface area contributed by atoms with Gasteiger partial charge < -0.3 is 20.1 Å². The number of aliphatic hydroxyl groups excluding tert-OH is 1. The quantitative estimate of drug-likeness (QED) is 0.860. The maximum absolute atomic E-state index is 11.2. The molecule has 5 heteroatoms. The summed E-state index contributed by atoms with van der Waals surface area (Å²) in [5.41, 5.74) is 0.765. The van der Waals surface area contributed by atoms with Crippen LogP contribution in [0.1, 0.15) is 24.5 Å². The molecule has 1 spiro atoms.